The summed E-state index contributed by atoms with van der Waals surface area (Å²) in [6.45, 7) is 1.95. The second-order valence-electron chi connectivity index (χ2n) is 3.42. The van der Waals surface area contributed by atoms with Crippen molar-refractivity contribution in [2.24, 2.45) is 0 Å². The lowest BCUT2D eigenvalue weighted by atomic mass is 10.2. The van der Waals surface area contributed by atoms with Crippen molar-refractivity contribution < 1.29 is 0 Å². The summed E-state index contributed by atoms with van der Waals surface area (Å²) in [5.74, 6) is 0. The molecule has 4 heteroatoms. The van der Waals surface area contributed by atoms with Gasteiger partial charge >= 0.3 is 0 Å². The molecule has 0 aromatic carbocycles. The lowest BCUT2D eigenvalue weighted by Gasteiger charge is -2.18. The highest BCUT2D eigenvalue weighted by atomic mass is 15.1. The van der Waals surface area contributed by atoms with Crippen molar-refractivity contribution in [3.05, 3.63) is 24.0 Å². The van der Waals surface area contributed by atoms with Crippen molar-refractivity contribution in [3.63, 3.8) is 0 Å². The number of pyridine rings is 1. The van der Waals surface area contributed by atoms with Gasteiger partial charge in [-0.2, -0.15) is 5.26 Å². The highest BCUT2D eigenvalue weighted by molar-refractivity contribution is 5.48. The SMILES string of the molecule is CNCCCN(C)c1cncc(C#N)c1. The summed E-state index contributed by atoms with van der Waals surface area (Å²) in [7, 11) is 3.95. The molecule has 0 aliphatic rings. The molecule has 0 aliphatic heterocycles. The van der Waals surface area contributed by atoms with Crippen molar-refractivity contribution in [2.75, 3.05) is 32.1 Å². The molecule has 1 aromatic rings. The molecule has 1 aromatic heterocycles. The molecule has 0 amide bonds. The predicted octanol–water partition coefficient (Wildman–Crippen LogP) is 0.999. The van der Waals surface area contributed by atoms with Crippen LogP contribution in [0.3, 0.4) is 0 Å². The van der Waals surface area contributed by atoms with Crippen LogP contribution in [0.1, 0.15) is 12.0 Å². The Balaban J connectivity index is 2.57. The van der Waals surface area contributed by atoms with Gasteiger partial charge in [0, 0.05) is 19.8 Å². The van der Waals surface area contributed by atoms with E-state index in [0.717, 1.165) is 25.2 Å². The van der Waals surface area contributed by atoms with Crippen molar-refractivity contribution in [3.8, 4) is 6.07 Å². The van der Waals surface area contributed by atoms with Crippen LogP contribution in [0.2, 0.25) is 0 Å². The molecule has 0 atom stereocenters. The number of anilines is 1. The predicted molar refractivity (Wildman–Crippen MR) is 60.8 cm³/mol. The maximum Gasteiger partial charge on any atom is 0.101 e. The van der Waals surface area contributed by atoms with E-state index in [4.69, 9.17) is 5.26 Å². The molecule has 0 saturated heterocycles. The van der Waals surface area contributed by atoms with Crippen LogP contribution in [0.25, 0.3) is 0 Å². The molecule has 15 heavy (non-hydrogen) atoms. The van der Waals surface area contributed by atoms with E-state index in [1.165, 1.54) is 0 Å². The zero-order valence-corrected chi connectivity index (χ0v) is 9.20. The van der Waals surface area contributed by atoms with Gasteiger partial charge in [0.1, 0.15) is 6.07 Å². The molecule has 1 rings (SSSR count). The van der Waals surface area contributed by atoms with Crippen LogP contribution in [0.5, 0.6) is 0 Å². The van der Waals surface area contributed by atoms with Gasteiger partial charge in [-0.15, -0.1) is 0 Å². The highest BCUT2D eigenvalue weighted by Gasteiger charge is 2.01. The van der Waals surface area contributed by atoms with Gasteiger partial charge in [-0.25, -0.2) is 0 Å². The summed E-state index contributed by atoms with van der Waals surface area (Å²) in [6, 6.07) is 3.94. The number of rotatable bonds is 5. The Morgan fingerprint density at radius 3 is 3.00 bits per heavy atom. The zero-order chi connectivity index (χ0) is 11.1. The van der Waals surface area contributed by atoms with Gasteiger partial charge < -0.3 is 10.2 Å². The standard InChI is InChI=1S/C11H16N4/c1-13-4-3-5-15(2)11-6-10(7-12)8-14-9-11/h6,8-9,13H,3-5H2,1-2H3. The Labute approximate surface area is 90.5 Å². The van der Waals surface area contributed by atoms with Gasteiger partial charge in [-0.1, -0.05) is 0 Å². The average molecular weight is 204 g/mol. The Kier molecular flexibility index (Phi) is 4.58. The maximum absolute atomic E-state index is 8.74. The molecule has 0 saturated carbocycles. The Hall–Kier alpha value is -1.60. The van der Waals surface area contributed by atoms with E-state index >= 15 is 0 Å². The molecule has 0 bridgehead atoms. The molecule has 0 unspecified atom stereocenters. The molecule has 80 valence electrons. The monoisotopic (exact) mass is 204 g/mol. The number of nitrogens with zero attached hydrogens (tertiary/aromatic N) is 3. The topological polar surface area (TPSA) is 52.0 Å². The number of nitrogens with one attached hydrogen (secondary N) is 1. The van der Waals surface area contributed by atoms with Gasteiger partial charge in [0.05, 0.1) is 17.4 Å². The number of hydrogen-bond acceptors (Lipinski definition) is 4. The minimum absolute atomic E-state index is 0.605. The van der Waals surface area contributed by atoms with Gasteiger partial charge in [-0.05, 0) is 26.1 Å². The third-order valence-corrected chi connectivity index (χ3v) is 2.21. The second-order valence-corrected chi connectivity index (χ2v) is 3.42. The normalized spacial score (nSPS) is 9.67. The largest absolute Gasteiger partial charge is 0.373 e. The van der Waals surface area contributed by atoms with Gasteiger partial charge in [0.15, 0.2) is 0 Å². The third kappa shape index (κ3) is 3.56. The van der Waals surface area contributed by atoms with Crippen LogP contribution >= 0.6 is 0 Å². The van der Waals surface area contributed by atoms with Crippen molar-refractivity contribution in [1.29, 1.82) is 5.26 Å². The number of nitriles is 1. The first-order valence-electron chi connectivity index (χ1n) is 4.99. The summed E-state index contributed by atoms with van der Waals surface area (Å²) >= 11 is 0. The number of aromatic nitrogens is 1. The molecule has 1 heterocycles. The fourth-order valence-electron chi connectivity index (χ4n) is 1.32. The van der Waals surface area contributed by atoms with E-state index in [9.17, 15) is 0 Å². The van der Waals surface area contributed by atoms with Crippen molar-refractivity contribution in [2.45, 2.75) is 6.42 Å². The van der Waals surface area contributed by atoms with Crippen LogP contribution in [0, 0.1) is 11.3 Å². The molecule has 0 radical (unpaired) electrons. The maximum atomic E-state index is 8.74. The van der Waals surface area contributed by atoms with Crippen LogP contribution in [-0.4, -0.2) is 32.2 Å². The van der Waals surface area contributed by atoms with Crippen LogP contribution < -0.4 is 10.2 Å². The molecule has 0 spiro atoms. The van der Waals surface area contributed by atoms with Gasteiger partial charge in [-0.3, -0.25) is 4.98 Å². The quantitative estimate of drug-likeness (QED) is 0.727. The first kappa shape index (κ1) is 11.5. The van der Waals surface area contributed by atoms with Crippen LogP contribution in [-0.2, 0) is 0 Å². The Bertz CT molecular complexity index is 343. The molecule has 0 aliphatic carbocycles. The summed E-state index contributed by atoms with van der Waals surface area (Å²) in [6.07, 6.45) is 4.43. The first-order chi connectivity index (χ1) is 7.27. The summed E-state index contributed by atoms with van der Waals surface area (Å²) in [4.78, 5) is 6.13. The lowest BCUT2D eigenvalue weighted by Crippen LogP contribution is -2.22. The molecule has 0 fully saturated rings. The summed E-state index contributed by atoms with van der Waals surface area (Å²) < 4.78 is 0. The van der Waals surface area contributed by atoms with Gasteiger partial charge in [0.2, 0.25) is 0 Å². The highest BCUT2D eigenvalue weighted by Crippen LogP contribution is 2.12. The van der Waals surface area contributed by atoms with Gasteiger partial charge in [0.25, 0.3) is 0 Å². The fraction of sp³-hybridized carbons (Fsp3) is 0.455. The smallest absolute Gasteiger partial charge is 0.101 e. The first-order valence-corrected chi connectivity index (χ1v) is 4.99. The average Bonchev–Trinajstić information content (AvgIpc) is 2.29. The third-order valence-electron chi connectivity index (χ3n) is 2.21. The van der Waals surface area contributed by atoms with Crippen molar-refractivity contribution >= 4 is 5.69 Å². The minimum atomic E-state index is 0.605. The molecular weight excluding hydrogens is 188 g/mol. The molecular formula is C11H16N4. The zero-order valence-electron chi connectivity index (χ0n) is 9.20. The van der Waals surface area contributed by atoms with E-state index < -0.39 is 0 Å². The summed E-state index contributed by atoms with van der Waals surface area (Å²) in [5.41, 5.74) is 1.60. The van der Waals surface area contributed by atoms with E-state index in [1.807, 2.05) is 20.2 Å². The lowest BCUT2D eigenvalue weighted by molar-refractivity contribution is 0.712. The van der Waals surface area contributed by atoms with Crippen molar-refractivity contribution in [1.82, 2.24) is 10.3 Å². The van der Waals surface area contributed by atoms with Crippen LogP contribution in [0.15, 0.2) is 18.5 Å². The Morgan fingerprint density at radius 1 is 1.53 bits per heavy atom. The minimum Gasteiger partial charge on any atom is -0.373 e. The Morgan fingerprint density at radius 2 is 2.33 bits per heavy atom. The van der Waals surface area contributed by atoms with E-state index in [0.29, 0.717) is 5.56 Å². The number of hydrogen-bond donors (Lipinski definition) is 1. The van der Waals surface area contributed by atoms with E-state index in [1.54, 1.807) is 12.4 Å². The molecule has 4 nitrogen and oxygen atoms in total. The molecule has 1 N–H and O–H groups in total. The summed E-state index contributed by atoms with van der Waals surface area (Å²) in [5, 5.41) is 11.8. The van der Waals surface area contributed by atoms with E-state index in [2.05, 4.69) is 21.3 Å². The van der Waals surface area contributed by atoms with E-state index in [-0.39, 0.29) is 0 Å². The second kappa shape index (κ2) is 5.99. The fourth-order valence-corrected chi connectivity index (χ4v) is 1.32. The van der Waals surface area contributed by atoms with Crippen LogP contribution in [0.4, 0.5) is 5.69 Å².